The predicted octanol–water partition coefficient (Wildman–Crippen LogP) is 2.58. The summed E-state index contributed by atoms with van der Waals surface area (Å²) in [4.78, 5) is 0.136. The van der Waals surface area contributed by atoms with Crippen LogP contribution in [0.3, 0.4) is 0 Å². The summed E-state index contributed by atoms with van der Waals surface area (Å²) < 4.78 is 53.7. The minimum Gasteiger partial charge on any atom is -0.280 e. The van der Waals surface area contributed by atoms with Crippen LogP contribution in [0.5, 0.6) is 0 Å². The molecule has 2 aromatic carbocycles. The van der Waals surface area contributed by atoms with E-state index in [9.17, 15) is 16.8 Å². The normalized spacial score (nSPS) is 16.0. The van der Waals surface area contributed by atoms with Gasteiger partial charge < -0.3 is 0 Å². The number of hydrogen-bond donors (Lipinski definition) is 1. The molecule has 0 spiro atoms. The standard InChI is InChI=1S/C17H20N2O4S2/c1-14-4-6-15(7-5-14)18-24(20,21)16-8-10-17(11-9-16)25(22,23)19-12-2-3-13-19/h4-11,18H,2-3,12-13H2,1H3. The molecule has 25 heavy (non-hydrogen) atoms. The SMILES string of the molecule is Cc1ccc(NS(=O)(=O)c2ccc(S(=O)(=O)N3CCCC3)cc2)cc1. The number of nitrogens with zero attached hydrogens (tertiary/aromatic N) is 1. The van der Waals surface area contributed by atoms with E-state index in [1.807, 2.05) is 19.1 Å². The summed E-state index contributed by atoms with van der Waals surface area (Å²) in [6, 6.07) is 12.3. The van der Waals surface area contributed by atoms with E-state index in [-0.39, 0.29) is 9.79 Å². The van der Waals surface area contributed by atoms with Crippen LogP contribution >= 0.6 is 0 Å². The fraction of sp³-hybridized carbons (Fsp3) is 0.294. The van der Waals surface area contributed by atoms with Gasteiger partial charge in [-0.15, -0.1) is 0 Å². The van der Waals surface area contributed by atoms with E-state index in [0.717, 1.165) is 18.4 Å². The van der Waals surface area contributed by atoms with Crippen LogP contribution in [0.1, 0.15) is 18.4 Å². The molecule has 0 saturated carbocycles. The molecular weight excluding hydrogens is 360 g/mol. The Labute approximate surface area is 148 Å². The number of benzene rings is 2. The molecule has 134 valence electrons. The molecule has 0 aromatic heterocycles. The van der Waals surface area contributed by atoms with Gasteiger partial charge in [-0.1, -0.05) is 17.7 Å². The maximum Gasteiger partial charge on any atom is 0.261 e. The van der Waals surface area contributed by atoms with Gasteiger partial charge in [0.25, 0.3) is 10.0 Å². The molecule has 1 aliphatic rings. The highest BCUT2D eigenvalue weighted by atomic mass is 32.2. The van der Waals surface area contributed by atoms with E-state index < -0.39 is 20.0 Å². The number of nitrogens with one attached hydrogen (secondary N) is 1. The number of sulfonamides is 2. The average molecular weight is 380 g/mol. The molecule has 0 aliphatic carbocycles. The fourth-order valence-electron chi connectivity index (χ4n) is 2.70. The molecule has 0 radical (unpaired) electrons. The van der Waals surface area contributed by atoms with Gasteiger partial charge in [0.05, 0.1) is 9.79 Å². The van der Waals surface area contributed by atoms with Gasteiger partial charge in [0, 0.05) is 18.8 Å². The third-order valence-electron chi connectivity index (χ3n) is 4.14. The molecule has 1 saturated heterocycles. The molecule has 8 heteroatoms. The first-order valence-electron chi connectivity index (χ1n) is 7.99. The molecule has 3 rings (SSSR count). The summed E-state index contributed by atoms with van der Waals surface area (Å²) >= 11 is 0. The first-order valence-corrected chi connectivity index (χ1v) is 10.9. The summed E-state index contributed by atoms with van der Waals surface area (Å²) in [7, 11) is -7.31. The molecule has 0 unspecified atom stereocenters. The second kappa shape index (κ2) is 6.78. The molecule has 1 aliphatic heterocycles. The Morgan fingerprint density at radius 1 is 0.800 bits per heavy atom. The Hall–Kier alpha value is -1.90. The second-order valence-corrected chi connectivity index (χ2v) is 9.67. The summed E-state index contributed by atoms with van der Waals surface area (Å²) in [5, 5.41) is 0. The van der Waals surface area contributed by atoms with Gasteiger partial charge in [-0.2, -0.15) is 4.31 Å². The molecular formula is C17H20N2O4S2. The minimum absolute atomic E-state index is 0.0217. The zero-order valence-corrected chi connectivity index (χ0v) is 15.5. The topological polar surface area (TPSA) is 83.5 Å². The number of rotatable bonds is 5. The van der Waals surface area contributed by atoms with E-state index in [4.69, 9.17) is 0 Å². The molecule has 0 bridgehead atoms. The number of aryl methyl sites for hydroxylation is 1. The maximum absolute atomic E-state index is 12.5. The second-order valence-electron chi connectivity index (χ2n) is 6.05. The lowest BCUT2D eigenvalue weighted by atomic mass is 10.2. The van der Waals surface area contributed by atoms with Crippen LogP contribution in [0.25, 0.3) is 0 Å². The zero-order chi connectivity index (χ0) is 18.1. The van der Waals surface area contributed by atoms with Crippen molar-refractivity contribution in [2.75, 3.05) is 17.8 Å². The van der Waals surface area contributed by atoms with Gasteiger partial charge in [0.2, 0.25) is 10.0 Å². The van der Waals surface area contributed by atoms with Crippen molar-refractivity contribution in [3.05, 3.63) is 54.1 Å². The third-order valence-corrected chi connectivity index (χ3v) is 7.45. The van der Waals surface area contributed by atoms with Crippen LogP contribution in [0.15, 0.2) is 58.3 Å². The molecule has 0 atom stereocenters. The van der Waals surface area contributed by atoms with E-state index >= 15 is 0 Å². The lowest BCUT2D eigenvalue weighted by Crippen LogP contribution is -2.27. The van der Waals surface area contributed by atoms with Crippen molar-refractivity contribution < 1.29 is 16.8 Å². The predicted molar refractivity (Wildman–Crippen MR) is 96.4 cm³/mol. The van der Waals surface area contributed by atoms with E-state index in [0.29, 0.717) is 18.8 Å². The monoisotopic (exact) mass is 380 g/mol. The van der Waals surface area contributed by atoms with E-state index in [1.165, 1.54) is 28.6 Å². The van der Waals surface area contributed by atoms with Gasteiger partial charge in [0.1, 0.15) is 0 Å². The first kappa shape index (κ1) is 17.9. The smallest absolute Gasteiger partial charge is 0.261 e. The minimum atomic E-state index is -3.77. The summed E-state index contributed by atoms with van der Waals surface area (Å²) in [5.74, 6) is 0. The summed E-state index contributed by atoms with van der Waals surface area (Å²) in [6.45, 7) is 2.94. The Morgan fingerprint density at radius 2 is 1.32 bits per heavy atom. The van der Waals surface area contributed by atoms with Crippen LogP contribution in [-0.2, 0) is 20.0 Å². The van der Waals surface area contributed by atoms with Gasteiger partial charge in [-0.3, -0.25) is 4.72 Å². The Morgan fingerprint density at radius 3 is 1.88 bits per heavy atom. The Balaban J connectivity index is 1.82. The van der Waals surface area contributed by atoms with Gasteiger partial charge in [-0.25, -0.2) is 16.8 Å². The first-order chi connectivity index (χ1) is 11.8. The summed E-state index contributed by atoms with van der Waals surface area (Å²) in [6.07, 6.45) is 1.71. The van der Waals surface area contributed by atoms with E-state index in [2.05, 4.69) is 4.72 Å². The maximum atomic E-state index is 12.5. The fourth-order valence-corrected chi connectivity index (χ4v) is 5.28. The van der Waals surface area contributed by atoms with Crippen molar-refractivity contribution in [3.8, 4) is 0 Å². The molecule has 1 fully saturated rings. The highest BCUT2D eigenvalue weighted by Crippen LogP contribution is 2.23. The van der Waals surface area contributed by atoms with Crippen molar-refractivity contribution in [2.45, 2.75) is 29.6 Å². The van der Waals surface area contributed by atoms with Crippen LogP contribution in [-0.4, -0.2) is 34.2 Å². The Bertz CT molecular complexity index is 945. The summed E-state index contributed by atoms with van der Waals surface area (Å²) in [5.41, 5.74) is 1.48. The highest BCUT2D eigenvalue weighted by molar-refractivity contribution is 7.92. The van der Waals surface area contributed by atoms with Crippen LogP contribution < -0.4 is 4.72 Å². The zero-order valence-electron chi connectivity index (χ0n) is 13.8. The molecule has 2 aromatic rings. The van der Waals surface area contributed by atoms with Gasteiger partial charge in [-0.05, 0) is 56.2 Å². The van der Waals surface area contributed by atoms with Crippen molar-refractivity contribution in [1.82, 2.24) is 4.31 Å². The van der Waals surface area contributed by atoms with Crippen LogP contribution in [0.4, 0.5) is 5.69 Å². The lowest BCUT2D eigenvalue weighted by Gasteiger charge is -2.15. The van der Waals surface area contributed by atoms with Crippen LogP contribution in [0.2, 0.25) is 0 Å². The molecule has 6 nitrogen and oxygen atoms in total. The van der Waals surface area contributed by atoms with Gasteiger partial charge >= 0.3 is 0 Å². The van der Waals surface area contributed by atoms with Crippen molar-refractivity contribution in [2.24, 2.45) is 0 Å². The van der Waals surface area contributed by atoms with Crippen LogP contribution in [0, 0.1) is 6.92 Å². The number of hydrogen-bond acceptors (Lipinski definition) is 4. The molecule has 1 heterocycles. The molecule has 0 amide bonds. The largest absolute Gasteiger partial charge is 0.280 e. The third kappa shape index (κ3) is 3.86. The van der Waals surface area contributed by atoms with Gasteiger partial charge in [0.15, 0.2) is 0 Å². The Kier molecular flexibility index (Phi) is 4.86. The number of anilines is 1. The quantitative estimate of drug-likeness (QED) is 0.864. The van der Waals surface area contributed by atoms with Crippen molar-refractivity contribution in [1.29, 1.82) is 0 Å². The molecule has 1 N–H and O–H groups in total. The highest BCUT2D eigenvalue weighted by Gasteiger charge is 2.27. The van der Waals surface area contributed by atoms with E-state index in [1.54, 1.807) is 12.1 Å². The lowest BCUT2D eigenvalue weighted by molar-refractivity contribution is 0.477. The average Bonchev–Trinajstić information content (AvgIpc) is 3.12. The van der Waals surface area contributed by atoms with Crippen molar-refractivity contribution >= 4 is 25.7 Å². The van der Waals surface area contributed by atoms with Crippen molar-refractivity contribution in [3.63, 3.8) is 0 Å².